The Kier molecular flexibility index (Phi) is 4.50. The summed E-state index contributed by atoms with van der Waals surface area (Å²) >= 11 is 0. The molecule has 7 nitrogen and oxygen atoms in total. The Morgan fingerprint density at radius 1 is 1.20 bits per heavy atom. The van der Waals surface area contributed by atoms with Gasteiger partial charge in [-0.3, -0.25) is 9.59 Å². The van der Waals surface area contributed by atoms with Gasteiger partial charge in [0.1, 0.15) is 5.56 Å². The molecule has 0 atom stereocenters. The van der Waals surface area contributed by atoms with Crippen LogP contribution in [0.25, 0.3) is 10.9 Å². The zero-order chi connectivity index (χ0) is 20.7. The highest BCUT2D eigenvalue weighted by atomic mass is 16.2. The summed E-state index contributed by atoms with van der Waals surface area (Å²) in [6, 6.07) is 9.98. The molecule has 1 aromatic carbocycles. The van der Waals surface area contributed by atoms with Gasteiger partial charge in [0, 0.05) is 42.8 Å². The number of H-pyrrole nitrogens is 2. The lowest BCUT2D eigenvalue weighted by Crippen LogP contribution is -2.40. The number of benzene rings is 1. The third-order valence-electron chi connectivity index (χ3n) is 5.95. The summed E-state index contributed by atoms with van der Waals surface area (Å²) in [5.41, 5.74) is 4.94. The molecule has 1 amide bonds. The fourth-order valence-electron chi connectivity index (χ4n) is 4.22. The maximum absolute atomic E-state index is 13.2. The van der Waals surface area contributed by atoms with Gasteiger partial charge in [0.2, 0.25) is 0 Å². The Bertz CT molecular complexity index is 1300. The van der Waals surface area contributed by atoms with Gasteiger partial charge in [-0.25, -0.2) is 4.98 Å². The molecule has 2 N–H and O–H groups in total. The van der Waals surface area contributed by atoms with E-state index in [0.717, 1.165) is 27.9 Å². The molecule has 152 valence electrons. The Morgan fingerprint density at radius 2 is 2.07 bits per heavy atom. The van der Waals surface area contributed by atoms with Crippen LogP contribution in [0.15, 0.2) is 53.8 Å². The Balaban J connectivity index is 1.40. The van der Waals surface area contributed by atoms with Crippen molar-refractivity contribution in [1.29, 1.82) is 0 Å². The van der Waals surface area contributed by atoms with Crippen LogP contribution in [0.4, 0.5) is 0 Å². The van der Waals surface area contributed by atoms with Crippen molar-refractivity contribution in [2.75, 3.05) is 6.54 Å². The first kappa shape index (κ1) is 18.4. The second-order valence-corrected chi connectivity index (χ2v) is 7.79. The number of amides is 1. The number of imidazole rings is 1. The van der Waals surface area contributed by atoms with Gasteiger partial charge in [0.15, 0.2) is 0 Å². The topological polar surface area (TPSA) is 86.8 Å². The van der Waals surface area contributed by atoms with Crippen molar-refractivity contribution >= 4 is 16.8 Å². The summed E-state index contributed by atoms with van der Waals surface area (Å²) in [6.45, 7) is 3.37. The van der Waals surface area contributed by atoms with Crippen LogP contribution in [0.2, 0.25) is 0 Å². The number of nitrogens with zero attached hydrogens (tertiary/aromatic N) is 3. The predicted octanol–water partition coefficient (Wildman–Crippen LogP) is 2.80. The summed E-state index contributed by atoms with van der Waals surface area (Å²) in [6.07, 6.45) is 6.84. The largest absolute Gasteiger partial charge is 0.361 e. The quantitative estimate of drug-likeness (QED) is 0.551. The number of aryl methyl sites for hydroxylation is 3. The van der Waals surface area contributed by atoms with E-state index in [9.17, 15) is 9.59 Å². The van der Waals surface area contributed by atoms with Crippen LogP contribution in [0.1, 0.15) is 32.9 Å². The monoisotopic (exact) mass is 401 g/mol. The smallest absolute Gasteiger partial charge is 0.263 e. The van der Waals surface area contributed by atoms with Crippen molar-refractivity contribution in [3.63, 3.8) is 0 Å². The van der Waals surface area contributed by atoms with Crippen molar-refractivity contribution in [1.82, 2.24) is 24.4 Å². The zero-order valence-electron chi connectivity index (χ0n) is 16.8. The van der Waals surface area contributed by atoms with Crippen LogP contribution < -0.4 is 5.56 Å². The number of fused-ring (bicyclic) bond motifs is 2. The summed E-state index contributed by atoms with van der Waals surface area (Å²) in [5, 5.41) is 1.16. The minimum absolute atomic E-state index is 0.209. The standard InChI is InChI=1S/C23H23N5O2/c1-15-6-9-27(10-7-16-12-24-18-5-3-2-4-17(16)18)22(29)21(15)23(30)28-11-8-19-20(13-28)26-14-25-19/h2-6,9,12,14,24H,7-8,10-11,13H2,1H3,(H,25,26). The molecule has 0 saturated heterocycles. The average Bonchev–Trinajstić information content (AvgIpc) is 3.39. The molecule has 1 aliphatic rings. The van der Waals surface area contributed by atoms with Crippen LogP contribution in [-0.2, 0) is 25.9 Å². The predicted molar refractivity (Wildman–Crippen MR) is 114 cm³/mol. The Hall–Kier alpha value is -3.61. The van der Waals surface area contributed by atoms with Gasteiger partial charge in [-0.1, -0.05) is 18.2 Å². The molecule has 30 heavy (non-hydrogen) atoms. The van der Waals surface area contributed by atoms with Gasteiger partial charge in [-0.15, -0.1) is 0 Å². The van der Waals surface area contributed by atoms with E-state index in [4.69, 9.17) is 0 Å². The minimum Gasteiger partial charge on any atom is -0.361 e. The lowest BCUT2D eigenvalue weighted by Gasteiger charge is -2.26. The highest BCUT2D eigenvalue weighted by Gasteiger charge is 2.26. The van der Waals surface area contributed by atoms with Gasteiger partial charge in [0.25, 0.3) is 11.5 Å². The molecule has 0 aliphatic carbocycles. The first-order valence-electron chi connectivity index (χ1n) is 10.2. The second-order valence-electron chi connectivity index (χ2n) is 7.79. The van der Waals surface area contributed by atoms with Crippen LogP contribution in [0.3, 0.4) is 0 Å². The molecule has 4 aromatic rings. The number of aromatic amines is 2. The van der Waals surface area contributed by atoms with E-state index >= 15 is 0 Å². The highest BCUT2D eigenvalue weighted by Crippen LogP contribution is 2.19. The highest BCUT2D eigenvalue weighted by molar-refractivity contribution is 5.95. The first-order valence-corrected chi connectivity index (χ1v) is 10.2. The number of carbonyl (C=O) groups is 1. The second kappa shape index (κ2) is 7.33. The van der Waals surface area contributed by atoms with E-state index in [2.05, 4.69) is 21.0 Å². The molecule has 5 rings (SSSR count). The summed E-state index contributed by atoms with van der Waals surface area (Å²) in [5.74, 6) is -0.209. The van der Waals surface area contributed by atoms with E-state index in [1.807, 2.05) is 37.4 Å². The molecule has 0 bridgehead atoms. The number of carbonyl (C=O) groups excluding carboxylic acids is 1. The third kappa shape index (κ3) is 3.12. The van der Waals surface area contributed by atoms with Crippen LogP contribution >= 0.6 is 0 Å². The fraction of sp³-hybridized carbons (Fsp3) is 0.261. The molecular formula is C23H23N5O2. The maximum atomic E-state index is 13.2. The molecule has 3 aromatic heterocycles. The summed E-state index contributed by atoms with van der Waals surface area (Å²) in [4.78, 5) is 38.8. The molecule has 7 heteroatoms. The average molecular weight is 401 g/mol. The van der Waals surface area contributed by atoms with Crippen molar-refractivity contribution in [2.45, 2.75) is 32.9 Å². The van der Waals surface area contributed by atoms with Crippen molar-refractivity contribution in [3.8, 4) is 0 Å². The molecule has 0 radical (unpaired) electrons. The Morgan fingerprint density at radius 3 is 2.97 bits per heavy atom. The van der Waals surface area contributed by atoms with Crippen molar-refractivity contribution in [3.05, 3.63) is 87.5 Å². The molecule has 0 fully saturated rings. The summed E-state index contributed by atoms with van der Waals surface area (Å²) < 4.78 is 1.65. The normalized spacial score (nSPS) is 13.6. The van der Waals surface area contributed by atoms with E-state index in [-0.39, 0.29) is 17.0 Å². The van der Waals surface area contributed by atoms with Crippen LogP contribution in [0.5, 0.6) is 0 Å². The molecule has 0 spiro atoms. The lowest BCUT2D eigenvalue weighted by atomic mass is 10.1. The van der Waals surface area contributed by atoms with Crippen molar-refractivity contribution < 1.29 is 4.79 Å². The number of nitrogens with one attached hydrogen (secondary N) is 2. The number of pyridine rings is 1. The van der Waals surface area contributed by atoms with E-state index in [1.54, 1.807) is 22.0 Å². The van der Waals surface area contributed by atoms with Crippen LogP contribution in [-0.4, -0.2) is 36.9 Å². The first-order chi connectivity index (χ1) is 14.6. The Labute approximate surface area is 173 Å². The third-order valence-corrected chi connectivity index (χ3v) is 5.95. The fourth-order valence-corrected chi connectivity index (χ4v) is 4.22. The molecule has 1 aliphatic heterocycles. The van der Waals surface area contributed by atoms with E-state index in [0.29, 0.717) is 38.0 Å². The minimum atomic E-state index is -0.227. The lowest BCUT2D eigenvalue weighted by molar-refractivity contribution is 0.0728. The van der Waals surface area contributed by atoms with Crippen molar-refractivity contribution in [2.24, 2.45) is 0 Å². The van der Waals surface area contributed by atoms with Gasteiger partial charge >= 0.3 is 0 Å². The number of hydrogen-bond donors (Lipinski definition) is 2. The SMILES string of the molecule is Cc1ccn(CCc2c[nH]c3ccccc23)c(=O)c1C(=O)N1CCc2nc[nH]c2C1. The van der Waals surface area contributed by atoms with Gasteiger partial charge in [0.05, 0.1) is 24.3 Å². The van der Waals surface area contributed by atoms with E-state index in [1.165, 1.54) is 0 Å². The molecule has 0 unspecified atom stereocenters. The van der Waals surface area contributed by atoms with Gasteiger partial charge in [-0.05, 0) is 36.6 Å². The number of para-hydroxylation sites is 1. The van der Waals surface area contributed by atoms with Gasteiger partial charge < -0.3 is 19.4 Å². The number of rotatable bonds is 4. The molecule has 4 heterocycles. The maximum Gasteiger partial charge on any atom is 0.263 e. The van der Waals surface area contributed by atoms with Gasteiger partial charge in [-0.2, -0.15) is 0 Å². The van der Waals surface area contributed by atoms with E-state index < -0.39 is 0 Å². The van der Waals surface area contributed by atoms with Crippen LogP contribution in [0, 0.1) is 6.92 Å². The number of aromatic nitrogens is 4. The summed E-state index contributed by atoms with van der Waals surface area (Å²) in [7, 11) is 0. The zero-order valence-corrected chi connectivity index (χ0v) is 16.8. The number of hydrogen-bond acceptors (Lipinski definition) is 3. The molecular weight excluding hydrogens is 378 g/mol. The molecule has 0 saturated carbocycles.